The quantitative estimate of drug-likeness (QED) is 0.618. The van der Waals surface area contributed by atoms with Gasteiger partial charge in [-0.1, -0.05) is 36.8 Å². The number of anilines is 1. The highest BCUT2D eigenvalue weighted by atomic mass is 32.2. The number of benzene rings is 3. The van der Waals surface area contributed by atoms with E-state index in [9.17, 15) is 13.2 Å². The molecule has 3 aromatic carbocycles. The third kappa shape index (κ3) is 4.89. The molecule has 1 heterocycles. The van der Waals surface area contributed by atoms with Crippen molar-refractivity contribution in [1.82, 2.24) is 4.31 Å². The van der Waals surface area contributed by atoms with Crippen molar-refractivity contribution >= 4 is 32.4 Å². The second kappa shape index (κ2) is 9.08. The second-order valence-electron chi connectivity index (χ2n) is 7.83. The van der Waals surface area contributed by atoms with Crippen LogP contribution in [-0.2, 0) is 14.8 Å². The molecule has 31 heavy (non-hydrogen) atoms. The third-order valence-electron chi connectivity index (χ3n) is 5.58. The van der Waals surface area contributed by atoms with E-state index in [-0.39, 0.29) is 23.5 Å². The molecule has 1 atom stereocenters. The lowest BCUT2D eigenvalue weighted by Crippen LogP contribution is -2.41. The van der Waals surface area contributed by atoms with Crippen LogP contribution in [0.2, 0.25) is 0 Å². The van der Waals surface area contributed by atoms with Crippen LogP contribution in [0.15, 0.2) is 71.6 Å². The van der Waals surface area contributed by atoms with Crippen LogP contribution >= 0.6 is 0 Å². The number of hydrogen-bond acceptors (Lipinski definition) is 4. The number of carbonyl (C=O) groups excluding carboxylic acids is 1. The number of ether oxygens (including phenoxy) is 1. The van der Waals surface area contributed by atoms with Gasteiger partial charge >= 0.3 is 0 Å². The molecule has 4 rings (SSSR count). The van der Waals surface area contributed by atoms with Crippen molar-refractivity contribution in [1.29, 1.82) is 0 Å². The van der Waals surface area contributed by atoms with Gasteiger partial charge in [-0.05, 0) is 66.9 Å². The number of amides is 1. The smallest absolute Gasteiger partial charge is 0.262 e. The van der Waals surface area contributed by atoms with E-state index in [0.29, 0.717) is 18.0 Å². The number of rotatable bonds is 6. The molecule has 0 aromatic heterocycles. The summed E-state index contributed by atoms with van der Waals surface area (Å²) in [7, 11) is -3.52. The van der Waals surface area contributed by atoms with Crippen molar-refractivity contribution in [3.63, 3.8) is 0 Å². The highest BCUT2D eigenvalue weighted by molar-refractivity contribution is 7.89. The first-order valence-electron chi connectivity index (χ1n) is 10.5. The Hall–Kier alpha value is -2.90. The van der Waals surface area contributed by atoms with Gasteiger partial charge in [0.1, 0.15) is 5.75 Å². The average molecular weight is 439 g/mol. The van der Waals surface area contributed by atoms with Crippen LogP contribution in [0.1, 0.15) is 26.2 Å². The molecule has 0 aliphatic carbocycles. The van der Waals surface area contributed by atoms with Crippen LogP contribution in [0, 0.1) is 0 Å². The number of nitrogens with one attached hydrogen (secondary N) is 1. The SMILES string of the molecule is C[C@H]1CCCCN1S(=O)(=O)c1ccc(NC(=O)COc2ccc3ccccc3c2)cc1. The Morgan fingerprint density at radius 3 is 2.52 bits per heavy atom. The van der Waals surface area contributed by atoms with Gasteiger partial charge in [0, 0.05) is 18.3 Å². The van der Waals surface area contributed by atoms with E-state index in [0.717, 1.165) is 30.0 Å². The number of carbonyl (C=O) groups is 1. The summed E-state index contributed by atoms with van der Waals surface area (Å²) in [5, 5.41) is 4.89. The minimum absolute atomic E-state index is 0.00499. The number of piperidine rings is 1. The fourth-order valence-corrected chi connectivity index (χ4v) is 5.58. The molecule has 1 amide bonds. The van der Waals surface area contributed by atoms with E-state index >= 15 is 0 Å². The van der Waals surface area contributed by atoms with Crippen LogP contribution in [0.3, 0.4) is 0 Å². The zero-order valence-corrected chi connectivity index (χ0v) is 18.3. The van der Waals surface area contributed by atoms with E-state index in [1.807, 2.05) is 49.4 Å². The summed E-state index contributed by atoms with van der Waals surface area (Å²) in [6, 6.07) is 19.9. The molecule has 3 aromatic rings. The summed E-state index contributed by atoms with van der Waals surface area (Å²) in [6.45, 7) is 2.36. The highest BCUT2D eigenvalue weighted by Gasteiger charge is 2.30. The molecule has 1 saturated heterocycles. The Labute approximate surface area is 182 Å². The Morgan fingerprint density at radius 1 is 1.03 bits per heavy atom. The van der Waals surface area contributed by atoms with E-state index in [1.165, 1.54) is 12.1 Å². The Morgan fingerprint density at radius 2 is 1.77 bits per heavy atom. The van der Waals surface area contributed by atoms with Crippen molar-refractivity contribution in [2.24, 2.45) is 0 Å². The summed E-state index contributed by atoms with van der Waals surface area (Å²) < 4.78 is 33.0. The molecule has 162 valence electrons. The standard InChI is InChI=1S/C24H26N2O4S/c1-18-6-4-5-15-26(18)31(28,29)23-13-10-21(11-14-23)25-24(27)17-30-22-12-9-19-7-2-3-8-20(19)16-22/h2-3,7-14,16,18H,4-6,15,17H2,1H3,(H,25,27)/t18-/m0/s1. The molecule has 1 aliphatic heterocycles. The van der Waals surface area contributed by atoms with Crippen LogP contribution in [-0.4, -0.2) is 37.8 Å². The maximum absolute atomic E-state index is 12.9. The number of sulfonamides is 1. The lowest BCUT2D eigenvalue weighted by atomic mass is 10.1. The molecule has 1 aliphatic rings. The van der Waals surface area contributed by atoms with Gasteiger partial charge in [-0.3, -0.25) is 4.79 Å². The molecule has 7 heteroatoms. The number of nitrogens with zero attached hydrogens (tertiary/aromatic N) is 1. The fourth-order valence-electron chi connectivity index (χ4n) is 3.88. The minimum atomic E-state index is -3.52. The maximum Gasteiger partial charge on any atom is 0.262 e. The summed E-state index contributed by atoms with van der Waals surface area (Å²) >= 11 is 0. The molecule has 0 bridgehead atoms. The number of fused-ring (bicyclic) bond motifs is 1. The molecule has 1 fully saturated rings. The predicted molar refractivity (Wildman–Crippen MR) is 122 cm³/mol. The molecular formula is C24H26N2O4S. The third-order valence-corrected chi connectivity index (χ3v) is 7.61. The first-order chi connectivity index (χ1) is 14.9. The van der Waals surface area contributed by atoms with Crippen molar-refractivity contribution < 1.29 is 17.9 Å². The van der Waals surface area contributed by atoms with Crippen LogP contribution in [0.25, 0.3) is 10.8 Å². The van der Waals surface area contributed by atoms with Crippen molar-refractivity contribution in [2.75, 3.05) is 18.5 Å². The zero-order chi connectivity index (χ0) is 21.8. The van der Waals surface area contributed by atoms with E-state index in [1.54, 1.807) is 16.4 Å². The van der Waals surface area contributed by atoms with E-state index in [2.05, 4.69) is 5.32 Å². The van der Waals surface area contributed by atoms with E-state index in [4.69, 9.17) is 4.74 Å². The fraction of sp³-hybridized carbons (Fsp3) is 0.292. The van der Waals surface area contributed by atoms with E-state index < -0.39 is 10.0 Å². The first kappa shape index (κ1) is 21.3. The van der Waals surface area contributed by atoms with Crippen LogP contribution in [0.4, 0.5) is 5.69 Å². The maximum atomic E-state index is 12.9. The highest BCUT2D eigenvalue weighted by Crippen LogP contribution is 2.26. The molecule has 1 N–H and O–H groups in total. The molecule has 0 radical (unpaired) electrons. The Bertz CT molecular complexity index is 1180. The van der Waals surface area contributed by atoms with Gasteiger partial charge < -0.3 is 10.1 Å². The summed E-state index contributed by atoms with van der Waals surface area (Å²) in [6.07, 6.45) is 2.82. The average Bonchev–Trinajstić information content (AvgIpc) is 2.78. The molecule has 0 saturated carbocycles. The molecule has 0 spiro atoms. The largest absolute Gasteiger partial charge is 0.484 e. The topological polar surface area (TPSA) is 75.7 Å². The van der Waals surface area contributed by atoms with Gasteiger partial charge in [-0.25, -0.2) is 8.42 Å². The van der Waals surface area contributed by atoms with Gasteiger partial charge in [-0.15, -0.1) is 0 Å². The number of hydrogen-bond donors (Lipinski definition) is 1. The van der Waals surface area contributed by atoms with Gasteiger partial charge in [0.15, 0.2) is 6.61 Å². The molecule has 6 nitrogen and oxygen atoms in total. The van der Waals surface area contributed by atoms with Gasteiger partial charge in [0.05, 0.1) is 4.90 Å². The zero-order valence-electron chi connectivity index (χ0n) is 17.5. The summed E-state index contributed by atoms with van der Waals surface area (Å²) in [5.74, 6) is 0.305. The monoisotopic (exact) mass is 438 g/mol. The minimum Gasteiger partial charge on any atom is -0.484 e. The van der Waals surface area contributed by atoms with Crippen LogP contribution < -0.4 is 10.1 Å². The van der Waals surface area contributed by atoms with Crippen molar-refractivity contribution in [3.8, 4) is 5.75 Å². The summed E-state index contributed by atoms with van der Waals surface area (Å²) in [5.41, 5.74) is 0.526. The lowest BCUT2D eigenvalue weighted by Gasteiger charge is -2.32. The first-order valence-corrected chi connectivity index (χ1v) is 11.9. The normalized spacial score (nSPS) is 17.4. The van der Waals surface area contributed by atoms with Gasteiger partial charge in [0.25, 0.3) is 5.91 Å². The van der Waals surface area contributed by atoms with Gasteiger partial charge in [0.2, 0.25) is 10.0 Å². The molecule has 0 unspecified atom stereocenters. The Balaban J connectivity index is 1.36. The summed E-state index contributed by atoms with van der Waals surface area (Å²) in [4.78, 5) is 12.5. The predicted octanol–water partition coefficient (Wildman–Crippen LogP) is 4.42. The van der Waals surface area contributed by atoms with Crippen molar-refractivity contribution in [2.45, 2.75) is 37.1 Å². The van der Waals surface area contributed by atoms with Crippen molar-refractivity contribution in [3.05, 3.63) is 66.7 Å². The van der Waals surface area contributed by atoms with Gasteiger partial charge in [-0.2, -0.15) is 4.31 Å². The second-order valence-corrected chi connectivity index (χ2v) is 9.72. The lowest BCUT2D eigenvalue weighted by molar-refractivity contribution is -0.118. The Kier molecular flexibility index (Phi) is 6.25. The molecular weight excluding hydrogens is 412 g/mol. The van der Waals surface area contributed by atoms with Crippen LogP contribution in [0.5, 0.6) is 5.75 Å².